The molecule has 12 heavy (non-hydrogen) atoms. The number of carbonyl (C=O) groups is 1. The molecule has 5 nitrogen and oxygen atoms in total. The summed E-state index contributed by atoms with van der Waals surface area (Å²) in [4.78, 5) is 10.9. The first kappa shape index (κ1) is 11.8. The zero-order valence-electron chi connectivity index (χ0n) is 7.15. The van der Waals surface area contributed by atoms with Crippen molar-refractivity contribution in [2.24, 2.45) is 0 Å². The smallest absolute Gasteiger partial charge is 0.337 e. The van der Waals surface area contributed by atoms with Gasteiger partial charge in [-0.15, -0.1) is 0 Å². The van der Waals surface area contributed by atoms with Crippen LogP contribution in [0.3, 0.4) is 0 Å². The third kappa shape index (κ3) is 3.97. The van der Waals surface area contributed by atoms with Crippen LogP contribution in [0.15, 0.2) is 0 Å². The molecule has 0 aliphatic rings. The van der Waals surface area contributed by atoms with Gasteiger partial charge in [0.05, 0.1) is 0 Å². The van der Waals surface area contributed by atoms with Crippen molar-refractivity contribution < 1.29 is 23.5 Å². The van der Waals surface area contributed by atoms with Crippen LogP contribution >= 0.6 is 7.60 Å². The molecule has 0 atom stereocenters. The molecule has 0 saturated heterocycles. The van der Waals surface area contributed by atoms with Crippen LogP contribution in [-0.4, -0.2) is 37.9 Å². The molecule has 0 aliphatic heterocycles. The third-order valence-electron chi connectivity index (χ3n) is 1.32. The molecule has 0 aliphatic carbocycles. The minimum atomic E-state index is -3.23. The van der Waals surface area contributed by atoms with Gasteiger partial charge >= 0.3 is 7.60 Å². The number of aliphatic hydroxyl groups is 1. The molecule has 0 fully saturated rings. The van der Waals surface area contributed by atoms with Crippen LogP contribution in [0.25, 0.3) is 0 Å². The SMILES string of the molecule is COP(=O)(CC(=O)CCO)OC. The lowest BCUT2D eigenvalue weighted by molar-refractivity contribution is -0.117. The summed E-state index contributed by atoms with van der Waals surface area (Å²) in [6.45, 7) is -0.244. The van der Waals surface area contributed by atoms with Gasteiger partial charge in [-0.3, -0.25) is 9.36 Å². The van der Waals surface area contributed by atoms with Gasteiger partial charge in [0.25, 0.3) is 0 Å². The number of aliphatic hydroxyl groups excluding tert-OH is 1. The van der Waals surface area contributed by atoms with Crippen LogP contribution in [0.5, 0.6) is 0 Å². The minimum Gasteiger partial charge on any atom is -0.396 e. The highest BCUT2D eigenvalue weighted by atomic mass is 31.2. The average Bonchev–Trinajstić information content (AvgIpc) is 2.05. The molecule has 0 aromatic heterocycles. The van der Waals surface area contributed by atoms with Gasteiger partial charge in [-0.1, -0.05) is 0 Å². The van der Waals surface area contributed by atoms with E-state index in [0.29, 0.717) is 0 Å². The molecule has 6 heteroatoms. The van der Waals surface area contributed by atoms with E-state index in [0.717, 1.165) is 0 Å². The van der Waals surface area contributed by atoms with Gasteiger partial charge in [0.1, 0.15) is 11.9 Å². The second kappa shape index (κ2) is 5.43. The Morgan fingerprint density at radius 2 is 1.92 bits per heavy atom. The summed E-state index contributed by atoms with van der Waals surface area (Å²) in [5, 5.41) is 8.39. The van der Waals surface area contributed by atoms with Crippen LogP contribution in [0.2, 0.25) is 0 Å². The Bertz CT molecular complexity index is 182. The maximum atomic E-state index is 11.3. The van der Waals surface area contributed by atoms with Crippen molar-refractivity contribution in [1.82, 2.24) is 0 Å². The van der Waals surface area contributed by atoms with Gasteiger partial charge in [-0.2, -0.15) is 0 Å². The van der Waals surface area contributed by atoms with Crippen LogP contribution in [0, 0.1) is 0 Å². The molecular formula is C6H13O5P. The molecule has 0 aromatic rings. The third-order valence-corrected chi connectivity index (χ3v) is 3.17. The molecule has 0 rings (SSSR count). The highest BCUT2D eigenvalue weighted by Gasteiger charge is 2.24. The normalized spacial score (nSPS) is 11.6. The lowest BCUT2D eigenvalue weighted by Crippen LogP contribution is -2.09. The quantitative estimate of drug-likeness (QED) is 0.623. The molecule has 0 aromatic carbocycles. The zero-order chi connectivity index (χ0) is 9.61. The highest BCUT2D eigenvalue weighted by Crippen LogP contribution is 2.46. The van der Waals surface area contributed by atoms with E-state index in [-0.39, 0.29) is 25.0 Å². The number of hydrogen-bond donors (Lipinski definition) is 1. The monoisotopic (exact) mass is 196 g/mol. The first-order valence-corrected chi connectivity index (χ1v) is 5.14. The standard InChI is InChI=1S/C6H13O5P/c1-10-12(9,11-2)5-6(8)3-4-7/h7H,3-5H2,1-2H3. The highest BCUT2D eigenvalue weighted by molar-refractivity contribution is 7.54. The predicted molar refractivity (Wildman–Crippen MR) is 43.2 cm³/mol. The predicted octanol–water partition coefficient (Wildman–Crippen LogP) is 0.424. The number of ketones is 1. The van der Waals surface area contributed by atoms with E-state index in [2.05, 4.69) is 9.05 Å². The molecule has 72 valence electrons. The second-order valence-corrected chi connectivity index (χ2v) is 4.41. The number of rotatable bonds is 6. The van der Waals surface area contributed by atoms with Gasteiger partial charge in [-0.05, 0) is 0 Å². The van der Waals surface area contributed by atoms with Crippen molar-refractivity contribution in [3.63, 3.8) is 0 Å². The minimum absolute atomic E-state index is 0.0172. The molecule has 0 radical (unpaired) electrons. The topological polar surface area (TPSA) is 72.8 Å². The zero-order valence-corrected chi connectivity index (χ0v) is 8.04. The maximum Gasteiger partial charge on any atom is 0.337 e. The molecule has 0 bridgehead atoms. The summed E-state index contributed by atoms with van der Waals surface area (Å²) in [5.74, 6) is -0.329. The van der Waals surface area contributed by atoms with Crippen molar-refractivity contribution in [2.45, 2.75) is 6.42 Å². The van der Waals surface area contributed by atoms with E-state index in [1.54, 1.807) is 0 Å². The Hall–Kier alpha value is -0.220. The van der Waals surface area contributed by atoms with E-state index in [4.69, 9.17) is 5.11 Å². The van der Waals surface area contributed by atoms with E-state index in [1.807, 2.05) is 0 Å². The van der Waals surface area contributed by atoms with Gasteiger partial charge in [0, 0.05) is 27.2 Å². The van der Waals surface area contributed by atoms with Gasteiger partial charge in [0.15, 0.2) is 0 Å². The van der Waals surface area contributed by atoms with E-state index in [1.165, 1.54) is 14.2 Å². The summed E-state index contributed by atoms with van der Waals surface area (Å²) in [5.41, 5.74) is 0. The van der Waals surface area contributed by atoms with Crippen molar-refractivity contribution in [3.05, 3.63) is 0 Å². The van der Waals surface area contributed by atoms with Crippen molar-refractivity contribution in [1.29, 1.82) is 0 Å². The summed E-state index contributed by atoms with van der Waals surface area (Å²) in [6, 6.07) is 0. The molecule has 0 saturated carbocycles. The van der Waals surface area contributed by atoms with Crippen LogP contribution in [0.1, 0.15) is 6.42 Å². The molecule has 0 spiro atoms. The maximum absolute atomic E-state index is 11.3. The number of hydrogen-bond acceptors (Lipinski definition) is 5. The largest absolute Gasteiger partial charge is 0.396 e. The number of carbonyl (C=O) groups excluding carboxylic acids is 1. The van der Waals surface area contributed by atoms with Crippen molar-refractivity contribution in [3.8, 4) is 0 Å². The fourth-order valence-electron chi connectivity index (χ4n) is 0.623. The van der Waals surface area contributed by atoms with Crippen LogP contribution in [-0.2, 0) is 18.4 Å². The fourth-order valence-corrected chi connectivity index (χ4v) is 1.62. The number of Topliss-reactive ketones (excluding diaryl/α,β-unsaturated/α-hetero) is 1. The summed E-state index contributed by atoms with van der Waals surface area (Å²) in [7, 11) is -0.790. The average molecular weight is 196 g/mol. The van der Waals surface area contributed by atoms with Gasteiger partial charge in [0.2, 0.25) is 0 Å². The Morgan fingerprint density at radius 1 is 1.42 bits per heavy atom. The Morgan fingerprint density at radius 3 is 2.25 bits per heavy atom. The summed E-state index contributed by atoms with van der Waals surface area (Å²) in [6.07, 6.45) is -0.294. The van der Waals surface area contributed by atoms with E-state index >= 15 is 0 Å². The molecule has 0 amide bonds. The lowest BCUT2D eigenvalue weighted by atomic mass is 10.3. The Balaban J connectivity index is 4.03. The van der Waals surface area contributed by atoms with Crippen molar-refractivity contribution >= 4 is 13.4 Å². The first-order valence-electron chi connectivity index (χ1n) is 3.41. The molecule has 0 unspecified atom stereocenters. The van der Waals surface area contributed by atoms with Crippen LogP contribution in [0.4, 0.5) is 0 Å². The van der Waals surface area contributed by atoms with Gasteiger partial charge in [-0.25, -0.2) is 0 Å². The fraction of sp³-hybridized carbons (Fsp3) is 0.833. The molecular weight excluding hydrogens is 183 g/mol. The summed E-state index contributed by atoms with van der Waals surface area (Å²) < 4.78 is 20.4. The van der Waals surface area contributed by atoms with Gasteiger partial charge < -0.3 is 14.2 Å². The Labute approximate surface area is 71.2 Å². The Kier molecular flexibility index (Phi) is 5.33. The molecule has 1 N–H and O–H groups in total. The molecule has 0 heterocycles. The van der Waals surface area contributed by atoms with E-state index in [9.17, 15) is 9.36 Å². The van der Waals surface area contributed by atoms with E-state index < -0.39 is 7.60 Å². The van der Waals surface area contributed by atoms with Crippen molar-refractivity contribution in [2.75, 3.05) is 27.0 Å². The summed E-state index contributed by atoms with van der Waals surface area (Å²) >= 11 is 0. The van der Waals surface area contributed by atoms with Crippen LogP contribution < -0.4 is 0 Å². The lowest BCUT2D eigenvalue weighted by Gasteiger charge is -2.11. The first-order chi connectivity index (χ1) is 5.58. The second-order valence-electron chi connectivity index (χ2n) is 2.15.